The Balaban J connectivity index is 1.75. The van der Waals surface area contributed by atoms with Crippen LogP contribution in [0.3, 0.4) is 0 Å². The maximum absolute atomic E-state index is 6.84. The van der Waals surface area contributed by atoms with E-state index in [-0.39, 0.29) is 0 Å². The van der Waals surface area contributed by atoms with E-state index >= 15 is 0 Å². The Morgan fingerprint density at radius 2 is 0.833 bits per heavy atom. The summed E-state index contributed by atoms with van der Waals surface area (Å²) < 4.78 is 24.1. The zero-order valence-electron chi connectivity index (χ0n) is 18.8. The number of para-hydroxylation sites is 6. The van der Waals surface area contributed by atoms with Gasteiger partial charge >= 0.3 is 225 Å². The predicted octanol–water partition coefficient (Wildman–Crippen LogP) is 7.54. The second kappa shape index (κ2) is 7.22. The normalized spacial score (nSPS) is 12.4. The van der Waals surface area contributed by atoms with Crippen molar-refractivity contribution in [2.75, 3.05) is 0 Å². The number of aromatic nitrogens is 2. The van der Waals surface area contributed by atoms with Crippen LogP contribution < -0.4 is 0 Å². The van der Waals surface area contributed by atoms with Crippen LogP contribution in [0.5, 0.6) is 0 Å². The maximum atomic E-state index is 6.84. The summed E-state index contributed by atoms with van der Waals surface area (Å²) in [5, 5.41) is 0. The molecule has 9 aromatic rings. The fourth-order valence-corrected chi connectivity index (χ4v) is 12.0. The van der Waals surface area contributed by atoms with Crippen molar-refractivity contribution >= 4 is 110 Å². The van der Waals surface area contributed by atoms with E-state index in [0.29, 0.717) is 0 Å². The van der Waals surface area contributed by atoms with E-state index in [1.54, 1.807) is 0 Å². The van der Waals surface area contributed by atoms with Crippen molar-refractivity contribution in [2.24, 2.45) is 0 Å². The van der Waals surface area contributed by atoms with Gasteiger partial charge in [0.05, 0.1) is 0 Å². The average Bonchev–Trinajstić information content (AvgIpc) is 2.94. The molecule has 6 heteroatoms. The zero-order chi connectivity index (χ0) is 23.4. The van der Waals surface area contributed by atoms with Crippen LogP contribution in [0.2, 0.25) is 0 Å². The first-order chi connectivity index (χ1) is 17.9. The van der Waals surface area contributed by atoms with Crippen molar-refractivity contribution in [1.29, 1.82) is 0 Å². The third kappa shape index (κ3) is 2.51. The standard InChI is InChI=1S/C30H16N2O2Te2/c1-5-13-21-17(9-1)31-19-11-3-7-15-23(19)35-29-25(31)27(33-21)30-26-28(29)34-22-14-6-2-10-18(22)32(26)20-12-4-8-16-24(20)36-30/h1-16H. The molecule has 4 nitrogen and oxygen atoms in total. The fourth-order valence-electron chi connectivity index (χ4n) is 5.52. The minimum atomic E-state index is -0.713. The first-order valence-electron chi connectivity index (χ1n) is 11.8. The monoisotopic (exact) mass is 696 g/mol. The second-order valence-corrected chi connectivity index (χ2v) is 15.0. The summed E-state index contributed by atoms with van der Waals surface area (Å²) in [6.45, 7) is 0. The van der Waals surface area contributed by atoms with Gasteiger partial charge in [0.15, 0.2) is 0 Å². The Hall–Kier alpha value is -3.12. The van der Waals surface area contributed by atoms with Gasteiger partial charge in [-0.15, -0.1) is 0 Å². The molecule has 0 aliphatic heterocycles. The molecule has 0 aliphatic carbocycles. The summed E-state index contributed by atoms with van der Waals surface area (Å²) in [6, 6.07) is 34.6. The van der Waals surface area contributed by atoms with Gasteiger partial charge in [0.25, 0.3) is 0 Å². The molecule has 0 saturated carbocycles. The molecule has 4 heterocycles. The van der Waals surface area contributed by atoms with Crippen molar-refractivity contribution in [1.82, 2.24) is 8.80 Å². The van der Waals surface area contributed by atoms with Gasteiger partial charge < -0.3 is 0 Å². The molecule has 0 atom stereocenters. The van der Waals surface area contributed by atoms with Crippen LogP contribution in [0, 0.1) is 0 Å². The third-order valence-corrected chi connectivity index (χ3v) is 13.5. The van der Waals surface area contributed by atoms with Gasteiger partial charge in [-0.2, -0.15) is 0 Å². The number of hydrogen-bond donors (Lipinski definition) is 0. The van der Waals surface area contributed by atoms with Crippen LogP contribution in [0.1, 0.15) is 0 Å². The van der Waals surface area contributed by atoms with E-state index in [4.69, 9.17) is 8.83 Å². The van der Waals surface area contributed by atoms with Crippen molar-refractivity contribution in [2.45, 2.75) is 0 Å². The molecule has 170 valence electrons. The quantitative estimate of drug-likeness (QED) is 0.0937. The molecule has 0 aliphatic rings. The summed E-state index contributed by atoms with van der Waals surface area (Å²) in [5.41, 5.74) is 11.1. The van der Waals surface area contributed by atoms with Crippen LogP contribution in [-0.2, 0) is 0 Å². The first-order valence-corrected chi connectivity index (χ1v) is 16.4. The summed E-state index contributed by atoms with van der Waals surface area (Å²) in [4.78, 5) is 0. The third-order valence-electron chi connectivity index (χ3n) is 6.99. The SMILES string of the molecule is c1ccc2c(c1)oc1c3[te]c4ccccc4n4c5ccccc5oc(c5[te]c6ccccc6n2c15)c34. The van der Waals surface area contributed by atoms with Gasteiger partial charge in [-0.05, 0) is 0 Å². The number of fused-ring (bicyclic) bond motifs is 10. The molecule has 0 bridgehead atoms. The molecule has 0 unspecified atom stereocenters. The number of hydrogen-bond acceptors (Lipinski definition) is 2. The molecular formula is C30H16N2O2Te2. The van der Waals surface area contributed by atoms with Gasteiger partial charge in [0, 0.05) is 0 Å². The van der Waals surface area contributed by atoms with Crippen molar-refractivity contribution < 1.29 is 8.83 Å². The van der Waals surface area contributed by atoms with Crippen LogP contribution in [-0.4, -0.2) is 49.7 Å². The van der Waals surface area contributed by atoms with Gasteiger partial charge in [0.1, 0.15) is 0 Å². The van der Waals surface area contributed by atoms with Gasteiger partial charge in [-0.25, -0.2) is 0 Å². The molecule has 0 radical (unpaired) electrons. The van der Waals surface area contributed by atoms with E-state index in [0.717, 1.165) is 33.4 Å². The molecule has 5 aromatic carbocycles. The van der Waals surface area contributed by atoms with Gasteiger partial charge in [0.2, 0.25) is 0 Å². The van der Waals surface area contributed by atoms with Gasteiger partial charge in [-0.1, -0.05) is 0 Å². The summed E-state index contributed by atoms with van der Waals surface area (Å²) in [7, 11) is 0. The van der Waals surface area contributed by atoms with E-state index in [1.165, 1.54) is 35.7 Å². The average molecular weight is 692 g/mol. The number of benzene rings is 5. The summed E-state index contributed by atoms with van der Waals surface area (Å²) in [6.07, 6.45) is 0. The van der Waals surface area contributed by atoms with Crippen LogP contribution >= 0.6 is 0 Å². The molecular weight excluding hydrogens is 676 g/mol. The van der Waals surface area contributed by atoms with Crippen molar-refractivity contribution in [3.8, 4) is 0 Å². The van der Waals surface area contributed by atoms with Crippen molar-refractivity contribution in [3.63, 3.8) is 0 Å². The number of rotatable bonds is 0. The summed E-state index contributed by atoms with van der Waals surface area (Å²) >= 11 is -1.43. The Bertz CT molecular complexity index is 2060. The minimum absolute atomic E-state index is 0.713. The van der Waals surface area contributed by atoms with E-state index in [9.17, 15) is 0 Å². The molecule has 0 N–H and O–H groups in total. The molecule has 9 rings (SSSR count). The second-order valence-electron chi connectivity index (χ2n) is 8.96. The zero-order valence-corrected chi connectivity index (χ0v) is 23.4. The van der Waals surface area contributed by atoms with Crippen LogP contribution in [0.4, 0.5) is 0 Å². The fraction of sp³-hybridized carbons (Fsp3) is 0. The molecule has 0 spiro atoms. The van der Waals surface area contributed by atoms with Crippen LogP contribution in [0.25, 0.3) is 69.0 Å². The molecule has 0 fully saturated rings. The predicted molar refractivity (Wildman–Crippen MR) is 149 cm³/mol. The Morgan fingerprint density at radius 3 is 1.31 bits per heavy atom. The van der Waals surface area contributed by atoms with E-state index in [2.05, 4.69) is 106 Å². The number of nitrogens with zero attached hydrogens (tertiary/aromatic N) is 2. The van der Waals surface area contributed by atoms with Crippen LogP contribution in [0.15, 0.2) is 106 Å². The molecule has 4 aromatic heterocycles. The topological polar surface area (TPSA) is 35.1 Å². The first kappa shape index (κ1) is 20.0. The molecule has 36 heavy (non-hydrogen) atoms. The Labute approximate surface area is 223 Å². The van der Waals surface area contributed by atoms with E-state index < -0.39 is 40.9 Å². The summed E-state index contributed by atoms with van der Waals surface area (Å²) in [5.74, 6) is 0. The molecule has 0 amide bonds. The molecule has 0 saturated heterocycles. The van der Waals surface area contributed by atoms with Gasteiger partial charge in [-0.3, -0.25) is 0 Å². The van der Waals surface area contributed by atoms with Crippen molar-refractivity contribution in [3.05, 3.63) is 97.1 Å². The van der Waals surface area contributed by atoms with E-state index in [1.807, 2.05) is 0 Å². The Morgan fingerprint density at radius 1 is 0.444 bits per heavy atom. The Kier molecular flexibility index (Phi) is 4.01.